The van der Waals surface area contributed by atoms with Gasteiger partial charge in [-0.25, -0.2) is 9.59 Å². The summed E-state index contributed by atoms with van der Waals surface area (Å²) < 4.78 is 0. The summed E-state index contributed by atoms with van der Waals surface area (Å²) in [4.78, 5) is 50.4. The van der Waals surface area contributed by atoms with Gasteiger partial charge in [0.15, 0.2) is 0 Å². The highest BCUT2D eigenvalue weighted by Gasteiger charge is 2.49. The van der Waals surface area contributed by atoms with Gasteiger partial charge in [-0.1, -0.05) is 49.6 Å². The predicted octanol–water partition coefficient (Wildman–Crippen LogP) is 2.17. The third-order valence-corrected chi connectivity index (χ3v) is 5.89. The highest BCUT2D eigenvalue weighted by atomic mass is 16.2. The second kappa shape index (κ2) is 8.23. The van der Waals surface area contributed by atoms with Crippen molar-refractivity contribution in [3.05, 3.63) is 35.4 Å². The zero-order valence-electron chi connectivity index (χ0n) is 17.1. The van der Waals surface area contributed by atoms with Gasteiger partial charge in [0, 0.05) is 6.04 Å². The molecule has 1 aliphatic heterocycles. The highest BCUT2D eigenvalue weighted by molar-refractivity contribution is 6.10. The van der Waals surface area contributed by atoms with Crippen LogP contribution in [0.1, 0.15) is 50.7 Å². The maximum Gasteiger partial charge on any atom is 0.325 e. The molecular formula is C21H28N4O4. The molecule has 1 aromatic rings. The van der Waals surface area contributed by atoms with Gasteiger partial charge >= 0.3 is 12.1 Å². The van der Waals surface area contributed by atoms with Crippen LogP contribution in [0.5, 0.6) is 0 Å². The lowest BCUT2D eigenvalue weighted by molar-refractivity contribution is -0.134. The van der Waals surface area contributed by atoms with Crippen LogP contribution in [0.4, 0.5) is 9.59 Å². The number of nitrogens with one attached hydrogen (secondary N) is 3. The lowest BCUT2D eigenvalue weighted by Gasteiger charge is -2.29. The third-order valence-electron chi connectivity index (χ3n) is 5.89. The number of aryl methyl sites for hydroxylation is 1. The van der Waals surface area contributed by atoms with Crippen LogP contribution in [-0.2, 0) is 15.1 Å². The Morgan fingerprint density at radius 1 is 1.17 bits per heavy atom. The Morgan fingerprint density at radius 3 is 2.48 bits per heavy atom. The molecule has 1 heterocycles. The van der Waals surface area contributed by atoms with Crippen molar-refractivity contribution in [1.82, 2.24) is 20.9 Å². The van der Waals surface area contributed by atoms with Gasteiger partial charge in [-0.2, -0.15) is 0 Å². The van der Waals surface area contributed by atoms with E-state index < -0.39 is 36.0 Å². The summed E-state index contributed by atoms with van der Waals surface area (Å²) in [5.74, 6) is -0.879. The molecule has 0 aromatic heterocycles. The minimum Gasteiger partial charge on any atom is -0.335 e. The molecule has 1 aliphatic carbocycles. The number of amides is 6. The van der Waals surface area contributed by atoms with Crippen molar-refractivity contribution in [3.8, 4) is 0 Å². The average Bonchev–Trinajstić information content (AvgIpc) is 2.88. The van der Waals surface area contributed by atoms with Gasteiger partial charge in [0.1, 0.15) is 12.1 Å². The van der Waals surface area contributed by atoms with Crippen LogP contribution in [0.2, 0.25) is 0 Å². The zero-order valence-corrected chi connectivity index (χ0v) is 17.1. The molecule has 2 fully saturated rings. The van der Waals surface area contributed by atoms with Crippen molar-refractivity contribution in [2.45, 2.75) is 58.0 Å². The van der Waals surface area contributed by atoms with Crippen LogP contribution in [0, 0.1) is 12.8 Å². The number of hydrogen-bond acceptors (Lipinski definition) is 4. The molecule has 3 rings (SSSR count). The molecule has 8 nitrogen and oxygen atoms in total. The molecule has 2 aliphatic rings. The fraction of sp³-hybridized carbons (Fsp3) is 0.524. The van der Waals surface area contributed by atoms with E-state index in [-0.39, 0.29) is 6.04 Å². The fourth-order valence-electron chi connectivity index (χ4n) is 3.97. The molecule has 0 unspecified atom stereocenters. The molecule has 6 amide bonds. The van der Waals surface area contributed by atoms with E-state index >= 15 is 0 Å². The van der Waals surface area contributed by atoms with Gasteiger partial charge in [0.25, 0.3) is 5.91 Å². The van der Waals surface area contributed by atoms with E-state index in [1.807, 2.05) is 19.1 Å². The van der Waals surface area contributed by atoms with Gasteiger partial charge in [-0.15, -0.1) is 0 Å². The standard InChI is InChI=1S/C21H28N4O4/c1-13-8-10-15(11-9-13)21(3)18(27)25(20(29)24-21)12-17(26)23-19(28)22-16-7-5-4-6-14(16)2/h8-11,14,16H,4-7,12H2,1-3H3,(H,24,29)(H2,22,23,26,28)/t14-,16-,21+/m1/s1. The lowest BCUT2D eigenvalue weighted by atomic mass is 9.86. The molecule has 1 saturated heterocycles. The molecule has 1 aromatic carbocycles. The van der Waals surface area contributed by atoms with Crippen molar-refractivity contribution in [3.63, 3.8) is 0 Å². The first-order chi connectivity index (χ1) is 13.7. The normalized spacial score (nSPS) is 26.8. The van der Waals surface area contributed by atoms with Crippen LogP contribution >= 0.6 is 0 Å². The molecule has 1 saturated carbocycles. The Hall–Kier alpha value is -2.90. The van der Waals surface area contributed by atoms with Crippen LogP contribution in [0.15, 0.2) is 24.3 Å². The number of hydrogen-bond donors (Lipinski definition) is 3. The van der Waals surface area contributed by atoms with Crippen molar-refractivity contribution < 1.29 is 19.2 Å². The number of imide groups is 2. The number of nitrogens with zero attached hydrogens (tertiary/aromatic N) is 1. The molecule has 3 atom stereocenters. The van der Waals surface area contributed by atoms with E-state index in [1.54, 1.807) is 19.1 Å². The van der Waals surface area contributed by atoms with E-state index in [9.17, 15) is 19.2 Å². The second-order valence-electron chi connectivity index (χ2n) is 8.20. The number of carbonyl (C=O) groups is 4. The predicted molar refractivity (Wildman–Crippen MR) is 107 cm³/mol. The summed E-state index contributed by atoms with van der Waals surface area (Å²) in [6.07, 6.45) is 4.11. The summed E-state index contributed by atoms with van der Waals surface area (Å²) in [6, 6.07) is 6.03. The molecule has 8 heteroatoms. The molecule has 3 N–H and O–H groups in total. The van der Waals surface area contributed by atoms with Crippen LogP contribution < -0.4 is 16.0 Å². The van der Waals surface area contributed by atoms with Crippen molar-refractivity contribution >= 4 is 23.9 Å². The summed E-state index contributed by atoms with van der Waals surface area (Å²) >= 11 is 0. The van der Waals surface area contributed by atoms with Crippen LogP contribution in [0.3, 0.4) is 0 Å². The first-order valence-corrected chi connectivity index (χ1v) is 10.0. The number of benzene rings is 1. The topological polar surface area (TPSA) is 108 Å². The summed E-state index contributed by atoms with van der Waals surface area (Å²) in [5, 5.41) is 7.70. The summed E-state index contributed by atoms with van der Waals surface area (Å²) in [6.45, 7) is 5.09. The average molecular weight is 400 g/mol. The van der Waals surface area contributed by atoms with E-state index in [0.29, 0.717) is 11.5 Å². The Kier molecular flexibility index (Phi) is 5.91. The van der Waals surface area contributed by atoms with Gasteiger partial charge < -0.3 is 10.6 Å². The van der Waals surface area contributed by atoms with E-state index in [1.165, 1.54) is 0 Å². The van der Waals surface area contributed by atoms with Crippen molar-refractivity contribution in [2.75, 3.05) is 6.54 Å². The van der Waals surface area contributed by atoms with E-state index in [4.69, 9.17) is 0 Å². The maximum atomic E-state index is 12.9. The van der Waals surface area contributed by atoms with Gasteiger partial charge in [-0.05, 0) is 38.2 Å². The van der Waals surface area contributed by atoms with Gasteiger partial charge in [0.05, 0.1) is 0 Å². The van der Waals surface area contributed by atoms with E-state index in [0.717, 1.165) is 36.1 Å². The number of carbonyl (C=O) groups excluding carboxylic acids is 4. The molecule has 0 radical (unpaired) electrons. The smallest absolute Gasteiger partial charge is 0.325 e. The Morgan fingerprint density at radius 2 is 1.83 bits per heavy atom. The first-order valence-electron chi connectivity index (χ1n) is 10.0. The van der Waals surface area contributed by atoms with Gasteiger partial charge in [-0.3, -0.25) is 19.8 Å². The molecular weight excluding hydrogens is 372 g/mol. The van der Waals surface area contributed by atoms with Crippen molar-refractivity contribution in [1.29, 1.82) is 0 Å². The number of urea groups is 2. The van der Waals surface area contributed by atoms with Crippen LogP contribution in [0.25, 0.3) is 0 Å². The number of rotatable bonds is 4. The SMILES string of the molecule is Cc1ccc([C@]2(C)NC(=O)N(CC(=O)NC(=O)N[C@@H]3CCCC[C@H]3C)C2=O)cc1. The second-order valence-corrected chi connectivity index (χ2v) is 8.20. The molecule has 156 valence electrons. The minimum atomic E-state index is -1.25. The highest BCUT2D eigenvalue weighted by Crippen LogP contribution is 2.29. The van der Waals surface area contributed by atoms with Crippen molar-refractivity contribution in [2.24, 2.45) is 5.92 Å². The first kappa shape index (κ1) is 20.8. The molecule has 29 heavy (non-hydrogen) atoms. The Balaban J connectivity index is 1.60. The largest absolute Gasteiger partial charge is 0.335 e. The molecule has 0 spiro atoms. The maximum absolute atomic E-state index is 12.9. The minimum absolute atomic E-state index is 0.0260. The summed E-state index contributed by atoms with van der Waals surface area (Å²) in [7, 11) is 0. The zero-order chi connectivity index (χ0) is 21.2. The Bertz CT molecular complexity index is 822. The fourth-order valence-corrected chi connectivity index (χ4v) is 3.97. The monoisotopic (exact) mass is 400 g/mol. The van der Waals surface area contributed by atoms with Gasteiger partial charge in [0.2, 0.25) is 5.91 Å². The third kappa shape index (κ3) is 4.41. The van der Waals surface area contributed by atoms with Crippen LogP contribution in [-0.4, -0.2) is 41.4 Å². The van der Waals surface area contributed by atoms with E-state index in [2.05, 4.69) is 22.9 Å². The Labute approximate surface area is 170 Å². The molecule has 0 bridgehead atoms. The quantitative estimate of drug-likeness (QED) is 0.673. The lowest BCUT2D eigenvalue weighted by Crippen LogP contribution is -2.50. The summed E-state index contributed by atoms with van der Waals surface area (Å²) in [5.41, 5.74) is 0.419.